The first-order chi connectivity index (χ1) is 10.2. The molecule has 0 spiro atoms. The highest BCUT2D eigenvalue weighted by Crippen LogP contribution is 2.20. The Hall–Kier alpha value is -1.35. The van der Waals surface area contributed by atoms with Gasteiger partial charge in [0.25, 0.3) is 0 Å². The van der Waals surface area contributed by atoms with E-state index in [9.17, 15) is 4.79 Å². The molecule has 1 amide bonds. The largest absolute Gasteiger partial charge is 0.324 e. The predicted molar refractivity (Wildman–Crippen MR) is 90.8 cm³/mol. The van der Waals surface area contributed by atoms with Gasteiger partial charge < -0.3 is 10.6 Å². The van der Waals surface area contributed by atoms with Crippen molar-refractivity contribution in [3.63, 3.8) is 0 Å². The van der Waals surface area contributed by atoms with Crippen LogP contribution in [0.5, 0.6) is 0 Å². The summed E-state index contributed by atoms with van der Waals surface area (Å²) in [7, 11) is 0. The molecule has 118 valence electrons. The number of para-hydroxylation sites is 1. The topological polar surface area (TPSA) is 41.1 Å². The quantitative estimate of drug-likeness (QED) is 0.638. The molecular weight excluding hydrogens is 260 g/mol. The van der Waals surface area contributed by atoms with Crippen molar-refractivity contribution in [3.05, 3.63) is 29.3 Å². The van der Waals surface area contributed by atoms with Gasteiger partial charge in [0.2, 0.25) is 5.91 Å². The molecule has 0 saturated heterocycles. The summed E-state index contributed by atoms with van der Waals surface area (Å²) < 4.78 is 0. The van der Waals surface area contributed by atoms with Gasteiger partial charge in [-0.15, -0.1) is 0 Å². The van der Waals surface area contributed by atoms with Crippen molar-refractivity contribution < 1.29 is 4.79 Å². The van der Waals surface area contributed by atoms with E-state index in [4.69, 9.17) is 0 Å². The van der Waals surface area contributed by atoms with Crippen LogP contribution < -0.4 is 10.6 Å². The summed E-state index contributed by atoms with van der Waals surface area (Å²) >= 11 is 0. The van der Waals surface area contributed by atoms with Crippen LogP contribution in [0.3, 0.4) is 0 Å². The standard InChI is InChI=1S/C18H30N2O/c1-4-6-7-8-9-13-19-14-17(21)20-18-15(3)11-10-12-16(18)5-2/h10-12,19H,4-9,13-14H2,1-3H3,(H,20,21). The molecule has 0 aliphatic carbocycles. The highest BCUT2D eigenvalue weighted by atomic mass is 16.1. The fourth-order valence-corrected chi connectivity index (χ4v) is 2.44. The van der Waals surface area contributed by atoms with E-state index in [-0.39, 0.29) is 5.91 Å². The van der Waals surface area contributed by atoms with Crippen molar-refractivity contribution in [2.75, 3.05) is 18.4 Å². The third-order valence-electron chi connectivity index (χ3n) is 3.75. The van der Waals surface area contributed by atoms with Crippen LogP contribution in [0.25, 0.3) is 0 Å². The Morgan fingerprint density at radius 1 is 1.10 bits per heavy atom. The number of hydrogen-bond donors (Lipinski definition) is 2. The van der Waals surface area contributed by atoms with E-state index >= 15 is 0 Å². The Balaban J connectivity index is 2.28. The maximum Gasteiger partial charge on any atom is 0.238 e. The lowest BCUT2D eigenvalue weighted by Gasteiger charge is -2.13. The molecule has 1 aromatic carbocycles. The molecule has 0 radical (unpaired) electrons. The number of benzene rings is 1. The number of hydrogen-bond acceptors (Lipinski definition) is 2. The number of unbranched alkanes of at least 4 members (excludes halogenated alkanes) is 4. The van der Waals surface area contributed by atoms with Crippen LogP contribution in [-0.2, 0) is 11.2 Å². The normalized spacial score (nSPS) is 10.6. The molecule has 0 aliphatic rings. The third-order valence-corrected chi connectivity index (χ3v) is 3.75. The van der Waals surface area contributed by atoms with Crippen molar-refractivity contribution in [1.29, 1.82) is 0 Å². The summed E-state index contributed by atoms with van der Waals surface area (Å²) in [6.07, 6.45) is 7.22. The molecule has 0 fully saturated rings. The second-order valence-corrected chi connectivity index (χ2v) is 5.60. The summed E-state index contributed by atoms with van der Waals surface area (Å²) in [5.41, 5.74) is 3.31. The molecule has 2 N–H and O–H groups in total. The lowest BCUT2D eigenvalue weighted by molar-refractivity contribution is -0.115. The number of anilines is 1. The minimum absolute atomic E-state index is 0.0487. The van der Waals surface area contributed by atoms with E-state index in [0.717, 1.165) is 30.6 Å². The molecule has 0 unspecified atom stereocenters. The van der Waals surface area contributed by atoms with Gasteiger partial charge in [-0.1, -0.05) is 57.7 Å². The number of aryl methyl sites for hydroxylation is 2. The van der Waals surface area contributed by atoms with Crippen LogP contribution in [0.1, 0.15) is 57.1 Å². The van der Waals surface area contributed by atoms with Crippen molar-refractivity contribution in [2.24, 2.45) is 0 Å². The fourth-order valence-electron chi connectivity index (χ4n) is 2.44. The van der Waals surface area contributed by atoms with Crippen LogP contribution in [-0.4, -0.2) is 19.0 Å². The van der Waals surface area contributed by atoms with Crippen LogP contribution >= 0.6 is 0 Å². The highest BCUT2D eigenvalue weighted by molar-refractivity contribution is 5.93. The fraction of sp³-hybridized carbons (Fsp3) is 0.611. The predicted octanol–water partition coefficient (Wildman–Crippen LogP) is 4.06. The molecule has 21 heavy (non-hydrogen) atoms. The Kier molecular flexibility index (Phi) is 8.76. The first-order valence-electron chi connectivity index (χ1n) is 8.28. The summed E-state index contributed by atoms with van der Waals surface area (Å²) in [6, 6.07) is 6.15. The molecule has 1 aromatic rings. The van der Waals surface area contributed by atoms with E-state index < -0.39 is 0 Å². The average molecular weight is 290 g/mol. The van der Waals surface area contributed by atoms with Gasteiger partial charge in [0.1, 0.15) is 0 Å². The van der Waals surface area contributed by atoms with E-state index in [1.807, 2.05) is 19.1 Å². The first kappa shape index (κ1) is 17.7. The van der Waals surface area contributed by atoms with Gasteiger partial charge in [0.05, 0.1) is 6.54 Å². The molecular formula is C18H30N2O. The van der Waals surface area contributed by atoms with Gasteiger partial charge in [-0.05, 0) is 37.4 Å². The summed E-state index contributed by atoms with van der Waals surface area (Å²) in [6.45, 7) is 7.68. The van der Waals surface area contributed by atoms with E-state index in [1.54, 1.807) is 0 Å². The second kappa shape index (κ2) is 10.4. The van der Waals surface area contributed by atoms with E-state index in [2.05, 4.69) is 30.5 Å². The summed E-state index contributed by atoms with van der Waals surface area (Å²) in [5, 5.41) is 6.27. The lowest BCUT2D eigenvalue weighted by atomic mass is 10.1. The summed E-state index contributed by atoms with van der Waals surface area (Å²) in [5.74, 6) is 0.0487. The Labute approximate surface area is 129 Å². The zero-order chi connectivity index (χ0) is 15.5. The van der Waals surface area contributed by atoms with E-state index in [0.29, 0.717) is 6.54 Å². The molecule has 1 rings (SSSR count). The minimum Gasteiger partial charge on any atom is -0.324 e. The molecule has 0 atom stereocenters. The monoisotopic (exact) mass is 290 g/mol. The highest BCUT2D eigenvalue weighted by Gasteiger charge is 2.07. The maximum absolute atomic E-state index is 12.0. The number of carbonyl (C=O) groups excluding carboxylic acids is 1. The Morgan fingerprint density at radius 2 is 1.86 bits per heavy atom. The van der Waals surface area contributed by atoms with Gasteiger partial charge >= 0.3 is 0 Å². The molecule has 3 nitrogen and oxygen atoms in total. The van der Waals surface area contributed by atoms with Crippen molar-refractivity contribution >= 4 is 11.6 Å². The minimum atomic E-state index is 0.0487. The molecule has 0 saturated carbocycles. The number of amides is 1. The molecule has 0 heterocycles. The number of rotatable bonds is 10. The van der Waals surface area contributed by atoms with Gasteiger partial charge in [-0.25, -0.2) is 0 Å². The van der Waals surface area contributed by atoms with Crippen LogP contribution in [0, 0.1) is 6.92 Å². The lowest BCUT2D eigenvalue weighted by Crippen LogP contribution is -2.29. The molecule has 0 aliphatic heterocycles. The van der Waals surface area contributed by atoms with Crippen LogP contribution in [0.2, 0.25) is 0 Å². The molecule has 0 bridgehead atoms. The van der Waals surface area contributed by atoms with Gasteiger partial charge in [0.15, 0.2) is 0 Å². The zero-order valence-corrected chi connectivity index (χ0v) is 13.8. The Bertz CT molecular complexity index is 429. The van der Waals surface area contributed by atoms with Gasteiger partial charge in [-0.3, -0.25) is 4.79 Å². The average Bonchev–Trinajstić information content (AvgIpc) is 2.48. The van der Waals surface area contributed by atoms with Crippen LogP contribution in [0.4, 0.5) is 5.69 Å². The number of nitrogens with one attached hydrogen (secondary N) is 2. The number of carbonyl (C=O) groups is 1. The maximum atomic E-state index is 12.0. The van der Waals surface area contributed by atoms with Crippen molar-refractivity contribution in [2.45, 2.75) is 59.3 Å². The molecule has 0 aromatic heterocycles. The van der Waals surface area contributed by atoms with Gasteiger partial charge in [-0.2, -0.15) is 0 Å². The van der Waals surface area contributed by atoms with Gasteiger partial charge in [0, 0.05) is 5.69 Å². The van der Waals surface area contributed by atoms with Crippen molar-refractivity contribution in [1.82, 2.24) is 5.32 Å². The summed E-state index contributed by atoms with van der Waals surface area (Å²) in [4.78, 5) is 12.0. The molecule has 3 heteroatoms. The first-order valence-corrected chi connectivity index (χ1v) is 8.28. The van der Waals surface area contributed by atoms with Crippen molar-refractivity contribution in [3.8, 4) is 0 Å². The zero-order valence-electron chi connectivity index (χ0n) is 13.8. The SMILES string of the molecule is CCCCCCCNCC(=O)Nc1c(C)cccc1CC. The third kappa shape index (κ3) is 6.76. The smallest absolute Gasteiger partial charge is 0.238 e. The Morgan fingerprint density at radius 3 is 2.57 bits per heavy atom. The van der Waals surface area contributed by atoms with Crippen LogP contribution in [0.15, 0.2) is 18.2 Å². The van der Waals surface area contributed by atoms with E-state index in [1.165, 1.54) is 31.2 Å². The second-order valence-electron chi connectivity index (χ2n) is 5.60.